The molecule has 0 saturated carbocycles. The lowest BCUT2D eigenvalue weighted by atomic mass is 10.2. The van der Waals surface area contributed by atoms with E-state index in [0.29, 0.717) is 6.61 Å². The van der Waals surface area contributed by atoms with Gasteiger partial charge in [-0.05, 0) is 31.0 Å². The first-order valence-corrected chi connectivity index (χ1v) is 4.58. The predicted octanol–water partition coefficient (Wildman–Crippen LogP) is 3.14. The molecule has 0 aliphatic heterocycles. The summed E-state index contributed by atoms with van der Waals surface area (Å²) < 4.78 is 18.2. The third kappa shape index (κ3) is 3.55. The molecule has 1 aromatic carbocycles. The Balaban J connectivity index is 2.45. The van der Waals surface area contributed by atoms with E-state index in [1.54, 1.807) is 6.07 Å². The largest absolute Gasteiger partial charge is 0.374 e. The first kappa shape index (κ1) is 10.2. The van der Waals surface area contributed by atoms with Crippen LogP contribution in [-0.4, -0.2) is 6.10 Å². The normalized spacial score (nSPS) is 12.8. The highest BCUT2D eigenvalue weighted by Crippen LogP contribution is 2.07. The number of halogens is 1. The summed E-state index contributed by atoms with van der Waals surface area (Å²) in [6, 6.07) is 6.51. The van der Waals surface area contributed by atoms with E-state index in [2.05, 4.69) is 6.92 Å². The summed E-state index contributed by atoms with van der Waals surface area (Å²) in [6.45, 7) is 4.57. The zero-order chi connectivity index (χ0) is 9.68. The third-order valence-corrected chi connectivity index (χ3v) is 2.00. The minimum atomic E-state index is -0.203. The molecular formula is C11H15FO. The van der Waals surface area contributed by atoms with Crippen LogP contribution < -0.4 is 0 Å². The van der Waals surface area contributed by atoms with Gasteiger partial charge in [-0.25, -0.2) is 4.39 Å². The molecule has 0 spiro atoms. The highest BCUT2D eigenvalue weighted by molar-refractivity contribution is 5.15. The Kier molecular flexibility index (Phi) is 3.90. The zero-order valence-corrected chi connectivity index (χ0v) is 8.09. The molecular weight excluding hydrogens is 167 g/mol. The van der Waals surface area contributed by atoms with E-state index in [0.717, 1.165) is 12.0 Å². The quantitative estimate of drug-likeness (QED) is 0.695. The van der Waals surface area contributed by atoms with E-state index in [1.807, 2.05) is 13.0 Å². The van der Waals surface area contributed by atoms with Crippen molar-refractivity contribution < 1.29 is 9.13 Å². The fourth-order valence-electron chi connectivity index (χ4n) is 0.983. The standard InChI is InChI=1S/C11H15FO/c1-3-9(2)13-8-10-5-4-6-11(12)7-10/h4-7,9H,3,8H2,1-2H3. The van der Waals surface area contributed by atoms with Crippen LogP contribution in [0.25, 0.3) is 0 Å². The molecule has 1 rings (SSSR count). The van der Waals surface area contributed by atoms with Gasteiger partial charge in [0.1, 0.15) is 5.82 Å². The van der Waals surface area contributed by atoms with Crippen molar-refractivity contribution in [2.45, 2.75) is 33.0 Å². The van der Waals surface area contributed by atoms with Crippen LogP contribution in [0.4, 0.5) is 4.39 Å². The molecule has 0 aliphatic carbocycles. The monoisotopic (exact) mass is 182 g/mol. The van der Waals surface area contributed by atoms with Crippen molar-refractivity contribution in [3.63, 3.8) is 0 Å². The summed E-state index contributed by atoms with van der Waals surface area (Å²) >= 11 is 0. The topological polar surface area (TPSA) is 9.23 Å². The van der Waals surface area contributed by atoms with Gasteiger partial charge in [0.15, 0.2) is 0 Å². The summed E-state index contributed by atoms with van der Waals surface area (Å²) in [6.07, 6.45) is 1.22. The van der Waals surface area contributed by atoms with Crippen LogP contribution in [0.5, 0.6) is 0 Å². The molecule has 0 radical (unpaired) electrons. The fourth-order valence-corrected chi connectivity index (χ4v) is 0.983. The first-order chi connectivity index (χ1) is 6.22. The Morgan fingerprint density at radius 1 is 1.46 bits per heavy atom. The van der Waals surface area contributed by atoms with Crippen LogP contribution in [-0.2, 0) is 11.3 Å². The van der Waals surface area contributed by atoms with Gasteiger partial charge in [-0.15, -0.1) is 0 Å². The van der Waals surface area contributed by atoms with Gasteiger partial charge in [0.2, 0.25) is 0 Å². The van der Waals surface area contributed by atoms with Crippen LogP contribution >= 0.6 is 0 Å². The lowest BCUT2D eigenvalue weighted by Gasteiger charge is -2.10. The molecule has 1 nitrogen and oxygen atoms in total. The molecule has 1 atom stereocenters. The fraction of sp³-hybridized carbons (Fsp3) is 0.455. The van der Waals surface area contributed by atoms with Gasteiger partial charge < -0.3 is 4.74 Å². The third-order valence-electron chi connectivity index (χ3n) is 2.00. The van der Waals surface area contributed by atoms with Crippen LogP contribution in [0.15, 0.2) is 24.3 Å². The second kappa shape index (κ2) is 4.97. The van der Waals surface area contributed by atoms with Crippen LogP contribution in [0.3, 0.4) is 0 Å². The molecule has 0 aliphatic rings. The summed E-state index contributed by atoms with van der Waals surface area (Å²) in [5.41, 5.74) is 0.889. The number of ether oxygens (including phenoxy) is 1. The molecule has 0 heterocycles. The molecule has 0 bridgehead atoms. The summed E-state index contributed by atoms with van der Waals surface area (Å²) in [7, 11) is 0. The van der Waals surface area contributed by atoms with Crippen LogP contribution in [0.2, 0.25) is 0 Å². The van der Waals surface area contributed by atoms with Gasteiger partial charge in [-0.2, -0.15) is 0 Å². The lowest BCUT2D eigenvalue weighted by Crippen LogP contribution is -2.06. The smallest absolute Gasteiger partial charge is 0.123 e. The van der Waals surface area contributed by atoms with E-state index in [4.69, 9.17) is 4.74 Å². The van der Waals surface area contributed by atoms with Crippen molar-refractivity contribution in [1.29, 1.82) is 0 Å². The van der Waals surface area contributed by atoms with Gasteiger partial charge in [-0.1, -0.05) is 19.1 Å². The molecule has 2 heteroatoms. The Morgan fingerprint density at radius 2 is 2.23 bits per heavy atom. The van der Waals surface area contributed by atoms with Gasteiger partial charge in [0, 0.05) is 0 Å². The van der Waals surface area contributed by atoms with E-state index in [1.165, 1.54) is 12.1 Å². The van der Waals surface area contributed by atoms with Crippen LogP contribution in [0.1, 0.15) is 25.8 Å². The van der Waals surface area contributed by atoms with E-state index < -0.39 is 0 Å². The van der Waals surface area contributed by atoms with Gasteiger partial charge >= 0.3 is 0 Å². The minimum Gasteiger partial charge on any atom is -0.374 e. The summed E-state index contributed by atoms with van der Waals surface area (Å²) in [5.74, 6) is -0.203. The van der Waals surface area contributed by atoms with Crippen molar-refractivity contribution in [2.24, 2.45) is 0 Å². The maximum atomic E-state index is 12.7. The molecule has 0 fully saturated rings. The number of hydrogen-bond acceptors (Lipinski definition) is 1. The maximum absolute atomic E-state index is 12.7. The number of hydrogen-bond donors (Lipinski definition) is 0. The Labute approximate surface area is 78.5 Å². The van der Waals surface area contributed by atoms with Crippen molar-refractivity contribution in [3.05, 3.63) is 35.6 Å². The lowest BCUT2D eigenvalue weighted by molar-refractivity contribution is 0.0507. The Bertz CT molecular complexity index is 260. The second-order valence-corrected chi connectivity index (χ2v) is 3.16. The average Bonchev–Trinajstić information content (AvgIpc) is 2.14. The number of rotatable bonds is 4. The molecule has 0 amide bonds. The molecule has 0 saturated heterocycles. The van der Waals surface area contributed by atoms with Crippen molar-refractivity contribution in [2.75, 3.05) is 0 Å². The molecule has 13 heavy (non-hydrogen) atoms. The Morgan fingerprint density at radius 3 is 2.85 bits per heavy atom. The average molecular weight is 182 g/mol. The minimum absolute atomic E-state index is 0.203. The van der Waals surface area contributed by atoms with Gasteiger partial charge in [0.25, 0.3) is 0 Å². The molecule has 0 aromatic heterocycles. The van der Waals surface area contributed by atoms with E-state index in [9.17, 15) is 4.39 Å². The van der Waals surface area contributed by atoms with E-state index in [-0.39, 0.29) is 11.9 Å². The Hall–Kier alpha value is -0.890. The van der Waals surface area contributed by atoms with Crippen molar-refractivity contribution in [1.82, 2.24) is 0 Å². The zero-order valence-electron chi connectivity index (χ0n) is 8.09. The predicted molar refractivity (Wildman–Crippen MR) is 50.9 cm³/mol. The summed E-state index contributed by atoms with van der Waals surface area (Å²) in [4.78, 5) is 0. The highest BCUT2D eigenvalue weighted by atomic mass is 19.1. The second-order valence-electron chi connectivity index (χ2n) is 3.16. The molecule has 0 N–H and O–H groups in total. The number of benzene rings is 1. The van der Waals surface area contributed by atoms with Gasteiger partial charge in [-0.3, -0.25) is 0 Å². The molecule has 72 valence electrons. The molecule has 1 aromatic rings. The summed E-state index contributed by atoms with van der Waals surface area (Å²) in [5, 5.41) is 0. The van der Waals surface area contributed by atoms with Gasteiger partial charge in [0.05, 0.1) is 12.7 Å². The van der Waals surface area contributed by atoms with E-state index >= 15 is 0 Å². The van der Waals surface area contributed by atoms with Crippen molar-refractivity contribution >= 4 is 0 Å². The maximum Gasteiger partial charge on any atom is 0.123 e. The van der Waals surface area contributed by atoms with Crippen LogP contribution in [0, 0.1) is 5.82 Å². The highest BCUT2D eigenvalue weighted by Gasteiger charge is 1.99. The van der Waals surface area contributed by atoms with Crippen molar-refractivity contribution in [3.8, 4) is 0 Å². The first-order valence-electron chi connectivity index (χ1n) is 4.58. The SMILES string of the molecule is CCC(C)OCc1cccc(F)c1. The molecule has 1 unspecified atom stereocenters.